The van der Waals surface area contributed by atoms with Crippen molar-refractivity contribution in [3.63, 3.8) is 0 Å². The van der Waals surface area contributed by atoms with Crippen LogP contribution in [0.2, 0.25) is 10.0 Å². The summed E-state index contributed by atoms with van der Waals surface area (Å²) in [6, 6.07) is 5.31. The lowest BCUT2D eigenvalue weighted by Crippen LogP contribution is -2.23. The van der Waals surface area contributed by atoms with Gasteiger partial charge in [-0.25, -0.2) is 9.48 Å². The van der Waals surface area contributed by atoms with E-state index in [1.54, 1.807) is 19.2 Å². The standard InChI is InChI=1S/C10H9Cl2N3O/c1-14-6-13-15(10(14)16)5-7-3-2-4-8(11)9(7)12/h2-4,6H,5H2,1H3. The Labute approximate surface area is 102 Å². The van der Waals surface area contributed by atoms with E-state index in [2.05, 4.69) is 5.10 Å². The highest BCUT2D eigenvalue weighted by Gasteiger charge is 2.07. The Morgan fingerprint density at radius 2 is 2.12 bits per heavy atom. The van der Waals surface area contributed by atoms with Gasteiger partial charge in [-0.1, -0.05) is 35.3 Å². The predicted molar refractivity (Wildman–Crippen MR) is 63.0 cm³/mol. The van der Waals surface area contributed by atoms with E-state index in [1.165, 1.54) is 15.6 Å². The van der Waals surface area contributed by atoms with Crippen LogP contribution >= 0.6 is 23.2 Å². The fraction of sp³-hybridized carbons (Fsp3) is 0.200. The molecule has 6 heteroatoms. The summed E-state index contributed by atoms with van der Waals surface area (Å²) in [4.78, 5) is 11.6. The lowest BCUT2D eigenvalue weighted by atomic mass is 10.2. The number of benzene rings is 1. The molecule has 1 heterocycles. The third-order valence-corrected chi connectivity index (χ3v) is 3.10. The van der Waals surface area contributed by atoms with Crippen LogP contribution in [0.4, 0.5) is 0 Å². The molecule has 0 saturated carbocycles. The molecule has 16 heavy (non-hydrogen) atoms. The zero-order chi connectivity index (χ0) is 11.7. The predicted octanol–water partition coefficient (Wildman–Crippen LogP) is 1.94. The van der Waals surface area contributed by atoms with Gasteiger partial charge in [-0.05, 0) is 11.6 Å². The second-order valence-corrected chi connectivity index (χ2v) is 4.18. The third kappa shape index (κ3) is 1.99. The monoisotopic (exact) mass is 257 g/mol. The molecule has 1 aromatic heterocycles. The van der Waals surface area contributed by atoms with Crippen LogP contribution in [0.25, 0.3) is 0 Å². The fourth-order valence-corrected chi connectivity index (χ4v) is 1.74. The highest BCUT2D eigenvalue weighted by atomic mass is 35.5. The molecule has 2 rings (SSSR count). The number of rotatable bonds is 2. The van der Waals surface area contributed by atoms with Crippen molar-refractivity contribution >= 4 is 23.2 Å². The van der Waals surface area contributed by atoms with Crippen molar-refractivity contribution in [2.45, 2.75) is 6.54 Å². The van der Waals surface area contributed by atoms with E-state index in [-0.39, 0.29) is 5.69 Å². The number of hydrogen-bond donors (Lipinski definition) is 0. The maximum absolute atomic E-state index is 11.6. The van der Waals surface area contributed by atoms with Crippen molar-refractivity contribution in [1.82, 2.24) is 14.3 Å². The summed E-state index contributed by atoms with van der Waals surface area (Å²) in [5.74, 6) is 0. The summed E-state index contributed by atoms with van der Waals surface area (Å²) in [5.41, 5.74) is 0.589. The SMILES string of the molecule is Cn1cnn(Cc2cccc(Cl)c2Cl)c1=O. The summed E-state index contributed by atoms with van der Waals surface area (Å²) in [5, 5.41) is 4.88. The first-order valence-corrected chi connectivity index (χ1v) is 5.36. The lowest BCUT2D eigenvalue weighted by Gasteiger charge is -2.04. The second-order valence-electron chi connectivity index (χ2n) is 3.40. The Morgan fingerprint density at radius 1 is 1.38 bits per heavy atom. The van der Waals surface area contributed by atoms with Crippen LogP contribution in [0.15, 0.2) is 29.3 Å². The van der Waals surface area contributed by atoms with Crippen LogP contribution < -0.4 is 5.69 Å². The number of aromatic nitrogens is 3. The largest absolute Gasteiger partial charge is 0.345 e. The molecule has 0 N–H and O–H groups in total. The maximum Gasteiger partial charge on any atom is 0.345 e. The quantitative estimate of drug-likeness (QED) is 0.825. The first-order chi connectivity index (χ1) is 7.59. The van der Waals surface area contributed by atoms with Crippen molar-refractivity contribution in [2.24, 2.45) is 7.05 Å². The van der Waals surface area contributed by atoms with Crippen molar-refractivity contribution < 1.29 is 0 Å². The summed E-state index contributed by atoms with van der Waals surface area (Å²) in [6.07, 6.45) is 1.46. The molecule has 4 nitrogen and oxygen atoms in total. The van der Waals surface area contributed by atoms with E-state index in [9.17, 15) is 4.79 Å². The van der Waals surface area contributed by atoms with E-state index in [0.29, 0.717) is 16.6 Å². The average Bonchev–Trinajstić information content (AvgIpc) is 2.57. The Hall–Kier alpha value is -1.26. The van der Waals surface area contributed by atoms with Gasteiger partial charge in [-0.15, -0.1) is 0 Å². The first-order valence-electron chi connectivity index (χ1n) is 4.61. The van der Waals surface area contributed by atoms with Gasteiger partial charge in [0.05, 0.1) is 16.6 Å². The summed E-state index contributed by atoms with van der Waals surface area (Å²) in [6.45, 7) is 0.319. The minimum atomic E-state index is -0.184. The smallest absolute Gasteiger partial charge is 0.285 e. The third-order valence-electron chi connectivity index (χ3n) is 2.24. The van der Waals surface area contributed by atoms with Crippen molar-refractivity contribution in [2.75, 3.05) is 0 Å². The zero-order valence-electron chi connectivity index (χ0n) is 8.52. The minimum absolute atomic E-state index is 0.184. The molecule has 0 aliphatic heterocycles. The number of nitrogens with zero attached hydrogens (tertiary/aromatic N) is 3. The Morgan fingerprint density at radius 3 is 2.75 bits per heavy atom. The lowest BCUT2D eigenvalue weighted by molar-refractivity contribution is 0.647. The Balaban J connectivity index is 2.38. The topological polar surface area (TPSA) is 39.8 Å². The zero-order valence-corrected chi connectivity index (χ0v) is 10.0. The first kappa shape index (κ1) is 11.2. The molecule has 0 atom stereocenters. The second kappa shape index (κ2) is 4.31. The summed E-state index contributed by atoms with van der Waals surface area (Å²) >= 11 is 11.9. The molecular weight excluding hydrogens is 249 g/mol. The average molecular weight is 258 g/mol. The van der Waals surface area contributed by atoms with Crippen LogP contribution in [-0.2, 0) is 13.6 Å². The van der Waals surface area contributed by atoms with Gasteiger partial charge in [0.2, 0.25) is 0 Å². The normalized spacial score (nSPS) is 10.7. The Bertz CT molecular complexity index is 574. The Kier molecular flexibility index (Phi) is 3.03. The minimum Gasteiger partial charge on any atom is -0.285 e. The molecule has 2 aromatic rings. The van der Waals surface area contributed by atoms with Crippen LogP contribution in [0.5, 0.6) is 0 Å². The van der Waals surface area contributed by atoms with E-state index in [0.717, 1.165) is 5.56 Å². The van der Waals surface area contributed by atoms with Gasteiger partial charge >= 0.3 is 5.69 Å². The van der Waals surface area contributed by atoms with Crippen molar-refractivity contribution in [3.8, 4) is 0 Å². The fourth-order valence-electron chi connectivity index (χ4n) is 1.36. The maximum atomic E-state index is 11.6. The molecule has 0 unspecified atom stereocenters. The van der Waals surface area contributed by atoms with Crippen LogP contribution in [0.3, 0.4) is 0 Å². The van der Waals surface area contributed by atoms with Gasteiger partial charge in [0.1, 0.15) is 6.33 Å². The summed E-state index contributed by atoms with van der Waals surface area (Å²) in [7, 11) is 1.64. The highest BCUT2D eigenvalue weighted by Crippen LogP contribution is 2.25. The van der Waals surface area contributed by atoms with Crippen LogP contribution in [-0.4, -0.2) is 14.3 Å². The molecule has 1 aromatic carbocycles. The number of hydrogen-bond acceptors (Lipinski definition) is 2. The number of halogens is 2. The molecule has 0 aliphatic carbocycles. The number of aryl methyl sites for hydroxylation is 1. The van der Waals surface area contributed by atoms with E-state index >= 15 is 0 Å². The van der Waals surface area contributed by atoms with Crippen LogP contribution in [0.1, 0.15) is 5.56 Å². The molecular formula is C10H9Cl2N3O. The molecule has 0 spiro atoms. The molecule has 0 aliphatic rings. The van der Waals surface area contributed by atoms with Gasteiger partial charge in [0.15, 0.2) is 0 Å². The van der Waals surface area contributed by atoms with Crippen molar-refractivity contribution in [1.29, 1.82) is 0 Å². The highest BCUT2D eigenvalue weighted by molar-refractivity contribution is 6.42. The van der Waals surface area contributed by atoms with Crippen LogP contribution in [0, 0.1) is 0 Å². The van der Waals surface area contributed by atoms with Gasteiger partial charge in [-0.3, -0.25) is 4.57 Å². The van der Waals surface area contributed by atoms with Gasteiger partial charge in [0, 0.05) is 7.05 Å². The summed E-state index contributed by atoms with van der Waals surface area (Å²) < 4.78 is 2.73. The van der Waals surface area contributed by atoms with Gasteiger partial charge < -0.3 is 0 Å². The molecule has 0 fully saturated rings. The molecule has 0 saturated heterocycles. The molecule has 84 valence electrons. The molecule has 0 bridgehead atoms. The van der Waals surface area contributed by atoms with Gasteiger partial charge in [0.25, 0.3) is 0 Å². The van der Waals surface area contributed by atoms with E-state index in [1.807, 2.05) is 6.07 Å². The van der Waals surface area contributed by atoms with Gasteiger partial charge in [-0.2, -0.15) is 5.10 Å². The van der Waals surface area contributed by atoms with E-state index < -0.39 is 0 Å². The van der Waals surface area contributed by atoms with Crippen molar-refractivity contribution in [3.05, 3.63) is 50.6 Å². The molecule has 0 amide bonds. The van der Waals surface area contributed by atoms with E-state index in [4.69, 9.17) is 23.2 Å². The molecule has 0 radical (unpaired) electrons.